The summed E-state index contributed by atoms with van der Waals surface area (Å²) in [6.45, 7) is 0. The zero-order chi connectivity index (χ0) is 29.0. The lowest BCUT2D eigenvalue weighted by atomic mass is 10.0. The van der Waals surface area contributed by atoms with Gasteiger partial charge in [0.25, 0.3) is 0 Å². The van der Waals surface area contributed by atoms with Crippen LogP contribution in [0, 0.1) is 0 Å². The van der Waals surface area contributed by atoms with Gasteiger partial charge in [-0.25, -0.2) is 15.0 Å². The molecular formula is C39H24N4O. The zero-order valence-corrected chi connectivity index (χ0v) is 23.6. The fraction of sp³-hybridized carbons (Fsp3) is 0. The van der Waals surface area contributed by atoms with Gasteiger partial charge in [-0.15, -0.1) is 0 Å². The minimum absolute atomic E-state index is 0.501. The van der Waals surface area contributed by atoms with E-state index >= 15 is 0 Å². The second-order valence-corrected chi connectivity index (χ2v) is 10.9. The average Bonchev–Trinajstić information content (AvgIpc) is 3.68. The van der Waals surface area contributed by atoms with Gasteiger partial charge in [-0.2, -0.15) is 0 Å². The SMILES string of the molecule is c1ccc2oc(-c3nc(-c4ccc(-n5c6ccccc6c6ccccc65)cc4)nc(-c4cccc5ccccc45)n3)cc2c1. The monoisotopic (exact) mass is 564 g/mol. The Kier molecular flexibility index (Phi) is 5.43. The van der Waals surface area contributed by atoms with Crippen molar-refractivity contribution in [1.82, 2.24) is 19.5 Å². The van der Waals surface area contributed by atoms with Crippen LogP contribution in [0.5, 0.6) is 0 Å². The van der Waals surface area contributed by atoms with Gasteiger partial charge in [-0.3, -0.25) is 0 Å². The van der Waals surface area contributed by atoms with E-state index in [-0.39, 0.29) is 0 Å². The zero-order valence-electron chi connectivity index (χ0n) is 23.6. The molecule has 0 N–H and O–H groups in total. The predicted molar refractivity (Wildman–Crippen MR) is 178 cm³/mol. The number of furan rings is 1. The van der Waals surface area contributed by atoms with E-state index in [0.717, 1.165) is 38.6 Å². The van der Waals surface area contributed by atoms with Gasteiger partial charge in [0, 0.05) is 33.0 Å². The lowest BCUT2D eigenvalue weighted by Gasteiger charge is -2.11. The number of fused-ring (bicyclic) bond motifs is 5. The lowest BCUT2D eigenvalue weighted by Crippen LogP contribution is -2.00. The molecule has 44 heavy (non-hydrogen) atoms. The van der Waals surface area contributed by atoms with Crippen molar-refractivity contribution < 1.29 is 4.42 Å². The van der Waals surface area contributed by atoms with E-state index in [4.69, 9.17) is 19.4 Å². The van der Waals surface area contributed by atoms with Crippen molar-refractivity contribution in [3.63, 3.8) is 0 Å². The molecule has 0 aliphatic carbocycles. The van der Waals surface area contributed by atoms with Crippen LogP contribution in [0.4, 0.5) is 0 Å². The Morgan fingerprint density at radius 3 is 1.80 bits per heavy atom. The molecule has 3 heterocycles. The maximum Gasteiger partial charge on any atom is 0.199 e. The van der Waals surface area contributed by atoms with E-state index in [0.29, 0.717) is 23.2 Å². The molecule has 0 atom stereocenters. The Bertz CT molecular complexity index is 2410. The van der Waals surface area contributed by atoms with Crippen LogP contribution in [0.2, 0.25) is 0 Å². The summed E-state index contributed by atoms with van der Waals surface area (Å²) < 4.78 is 8.53. The van der Waals surface area contributed by atoms with Crippen molar-refractivity contribution in [3.8, 4) is 40.0 Å². The third-order valence-electron chi connectivity index (χ3n) is 8.28. The van der Waals surface area contributed by atoms with E-state index in [1.165, 1.54) is 21.8 Å². The van der Waals surface area contributed by atoms with Crippen molar-refractivity contribution in [2.75, 3.05) is 0 Å². The van der Waals surface area contributed by atoms with Crippen molar-refractivity contribution in [2.45, 2.75) is 0 Å². The molecule has 0 saturated carbocycles. The summed E-state index contributed by atoms with van der Waals surface area (Å²) in [6.07, 6.45) is 0. The van der Waals surface area contributed by atoms with Crippen LogP contribution in [0.25, 0.3) is 83.6 Å². The number of benzene rings is 6. The molecule has 0 bridgehead atoms. The number of hydrogen-bond acceptors (Lipinski definition) is 4. The molecule has 0 aliphatic rings. The van der Waals surface area contributed by atoms with Crippen LogP contribution in [0.3, 0.4) is 0 Å². The standard InChI is InChI=1S/C39H24N4O/c1-3-13-29-25(10-1)12-9-16-32(29)38-40-37(41-39(42-38)36-24-27-11-2-8-19-35(27)44-36)26-20-22-28(23-21-26)43-33-17-6-4-14-30(33)31-15-5-7-18-34(31)43/h1-24H. The fourth-order valence-corrected chi connectivity index (χ4v) is 6.21. The van der Waals surface area contributed by atoms with Crippen molar-refractivity contribution in [3.05, 3.63) is 146 Å². The number of nitrogens with zero attached hydrogens (tertiary/aromatic N) is 4. The number of rotatable bonds is 4. The van der Waals surface area contributed by atoms with Crippen molar-refractivity contribution in [1.29, 1.82) is 0 Å². The number of para-hydroxylation sites is 3. The molecule has 6 aromatic carbocycles. The van der Waals surface area contributed by atoms with Gasteiger partial charge in [-0.05, 0) is 59.3 Å². The number of aromatic nitrogens is 4. The Labute approximate surface area is 252 Å². The van der Waals surface area contributed by atoms with Gasteiger partial charge in [0.15, 0.2) is 23.2 Å². The van der Waals surface area contributed by atoms with Gasteiger partial charge >= 0.3 is 0 Å². The van der Waals surface area contributed by atoms with Gasteiger partial charge in [0.1, 0.15) is 5.58 Å². The smallest absolute Gasteiger partial charge is 0.199 e. The maximum absolute atomic E-state index is 6.22. The highest BCUT2D eigenvalue weighted by Crippen LogP contribution is 2.34. The molecule has 0 fully saturated rings. The second-order valence-electron chi connectivity index (χ2n) is 10.9. The van der Waals surface area contributed by atoms with Crippen LogP contribution < -0.4 is 0 Å². The molecule has 3 aromatic heterocycles. The first-order valence-electron chi connectivity index (χ1n) is 14.6. The first-order chi connectivity index (χ1) is 21.8. The van der Waals surface area contributed by atoms with Crippen LogP contribution in [-0.4, -0.2) is 19.5 Å². The molecule has 9 aromatic rings. The summed E-state index contributed by atoms with van der Waals surface area (Å²) in [5, 5.41) is 5.70. The Morgan fingerprint density at radius 2 is 1.05 bits per heavy atom. The largest absolute Gasteiger partial charge is 0.453 e. The van der Waals surface area contributed by atoms with Gasteiger partial charge in [-0.1, -0.05) is 97.1 Å². The van der Waals surface area contributed by atoms with Crippen LogP contribution in [-0.2, 0) is 0 Å². The highest BCUT2D eigenvalue weighted by atomic mass is 16.3. The van der Waals surface area contributed by atoms with E-state index in [9.17, 15) is 0 Å². The molecule has 0 aliphatic heterocycles. The highest BCUT2D eigenvalue weighted by molar-refractivity contribution is 6.09. The Balaban J connectivity index is 1.22. The van der Waals surface area contributed by atoms with E-state index in [2.05, 4.69) is 102 Å². The van der Waals surface area contributed by atoms with Gasteiger partial charge in [0.2, 0.25) is 0 Å². The van der Waals surface area contributed by atoms with Crippen LogP contribution >= 0.6 is 0 Å². The molecular weight excluding hydrogens is 540 g/mol. The lowest BCUT2D eigenvalue weighted by molar-refractivity contribution is 0.625. The molecule has 0 unspecified atom stereocenters. The quantitative estimate of drug-likeness (QED) is 0.213. The first kappa shape index (κ1) is 24.5. The summed E-state index contributed by atoms with van der Waals surface area (Å²) in [6, 6.07) is 50.0. The molecule has 0 radical (unpaired) electrons. The summed E-state index contributed by atoms with van der Waals surface area (Å²) in [5.41, 5.74) is 6.07. The highest BCUT2D eigenvalue weighted by Gasteiger charge is 2.17. The van der Waals surface area contributed by atoms with Crippen LogP contribution in [0.1, 0.15) is 0 Å². The van der Waals surface area contributed by atoms with Crippen molar-refractivity contribution >= 4 is 43.5 Å². The topological polar surface area (TPSA) is 56.7 Å². The van der Waals surface area contributed by atoms with E-state index in [1.54, 1.807) is 0 Å². The first-order valence-corrected chi connectivity index (χ1v) is 14.6. The second kappa shape index (κ2) is 9.75. The summed E-state index contributed by atoms with van der Waals surface area (Å²) in [4.78, 5) is 14.9. The number of hydrogen-bond donors (Lipinski definition) is 0. The third-order valence-corrected chi connectivity index (χ3v) is 8.28. The van der Waals surface area contributed by atoms with E-state index < -0.39 is 0 Å². The molecule has 206 valence electrons. The van der Waals surface area contributed by atoms with Crippen molar-refractivity contribution in [2.24, 2.45) is 0 Å². The van der Waals surface area contributed by atoms with Crippen LogP contribution in [0.15, 0.2) is 150 Å². The maximum atomic E-state index is 6.22. The molecule has 5 nitrogen and oxygen atoms in total. The van der Waals surface area contributed by atoms with Gasteiger partial charge < -0.3 is 8.98 Å². The Hall–Kier alpha value is -6.07. The minimum atomic E-state index is 0.501. The summed E-state index contributed by atoms with van der Waals surface area (Å²) in [5.74, 6) is 2.31. The predicted octanol–water partition coefficient (Wildman–Crippen LogP) is 9.87. The third kappa shape index (κ3) is 3.91. The van der Waals surface area contributed by atoms with E-state index in [1.807, 2.05) is 48.5 Å². The van der Waals surface area contributed by atoms with Gasteiger partial charge in [0.05, 0.1) is 11.0 Å². The minimum Gasteiger partial charge on any atom is -0.453 e. The molecule has 0 amide bonds. The molecule has 0 saturated heterocycles. The molecule has 9 rings (SSSR count). The fourth-order valence-electron chi connectivity index (χ4n) is 6.21. The molecule has 0 spiro atoms. The summed E-state index contributed by atoms with van der Waals surface area (Å²) in [7, 11) is 0. The normalized spacial score (nSPS) is 11.6. The summed E-state index contributed by atoms with van der Waals surface area (Å²) >= 11 is 0. The average molecular weight is 565 g/mol. The molecule has 5 heteroatoms. The Morgan fingerprint density at radius 1 is 0.455 bits per heavy atom.